The molecule has 0 saturated heterocycles. The smallest absolute Gasteiger partial charge is 0.156 e. The maximum atomic E-state index is 6.20. The molecule has 0 heterocycles. The SMILES string of the molecule is CCOc1c(Cl)cc(CNC2CCCCC2)cc1Cl. The van der Waals surface area contributed by atoms with Crippen molar-refractivity contribution in [3.63, 3.8) is 0 Å². The molecule has 0 aliphatic heterocycles. The maximum Gasteiger partial charge on any atom is 0.156 e. The van der Waals surface area contributed by atoms with Crippen molar-refractivity contribution in [1.29, 1.82) is 0 Å². The van der Waals surface area contributed by atoms with E-state index in [4.69, 9.17) is 27.9 Å². The molecule has 1 fully saturated rings. The molecule has 2 rings (SSSR count). The zero-order valence-electron chi connectivity index (χ0n) is 11.3. The summed E-state index contributed by atoms with van der Waals surface area (Å²) in [5.41, 5.74) is 1.11. The third-order valence-corrected chi connectivity index (χ3v) is 4.11. The summed E-state index contributed by atoms with van der Waals surface area (Å²) in [5, 5.41) is 4.77. The monoisotopic (exact) mass is 301 g/mol. The number of halogens is 2. The number of hydrogen-bond acceptors (Lipinski definition) is 2. The lowest BCUT2D eigenvalue weighted by molar-refractivity contribution is 0.340. The van der Waals surface area contributed by atoms with Crippen LogP contribution in [-0.4, -0.2) is 12.6 Å². The van der Waals surface area contributed by atoms with Gasteiger partial charge in [0, 0.05) is 12.6 Å². The van der Waals surface area contributed by atoms with E-state index in [1.165, 1.54) is 32.1 Å². The second kappa shape index (κ2) is 7.37. The Hall–Kier alpha value is -0.440. The lowest BCUT2D eigenvalue weighted by atomic mass is 9.95. The summed E-state index contributed by atoms with van der Waals surface area (Å²) in [6, 6.07) is 4.51. The molecule has 106 valence electrons. The van der Waals surface area contributed by atoms with E-state index in [1.807, 2.05) is 19.1 Å². The molecule has 0 atom stereocenters. The number of hydrogen-bond donors (Lipinski definition) is 1. The molecule has 1 aliphatic carbocycles. The molecule has 4 heteroatoms. The van der Waals surface area contributed by atoms with E-state index >= 15 is 0 Å². The molecule has 0 amide bonds. The highest BCUT2D eigenvalue weighted by molar-refractivity contribution is 6.37. The first kappa shape index (κ1) is 15.0. The van der Waals surface area contributed by atoms with Crippen LogP contribution in [0.1, 0.15) is 44.6 Å². The van der Waals surface area contributed by atoms with Crippen LogP contribution in [-0.2, 0) is 6.54 Å². The van der Waals surface area contributed by atoms with E-state index in [1.54, 1.807) is 0 Å². The minimum Gasteiger partial charge on any atom is -0.491 e. The van der Waals surface area contributed by atoms with Crippen molar-refractivity contribution in [1.82, 2.24) is 5.32 Å². The fraction of sp³-hybridized carbons (Fsp3) is 0.600. The highest BCUT2D eigenvalue weighted by Crippen LogP contribution is 2.34. The summed E-state index contributed by atoms with van der Waals surface area (Å²) in [6.07, 6.45) is 6.60. The number of benzene rings is 1. The Bertz CT molecular complexity index is 394. The average Bonchev–Trinajstić information content (AvgIpc) is 2.42. The Labute approximate surface area is 125 Å². The van der Waals surface area contributed by atoms with Gasteiger partial charge >= 0.3 is 0 Å². The molecule has 2 nitrogen and oxygen atoms in total. The highest BCUT2D eigenvalue weighted by Gasteiger charge is 2.14. The number of ether oxygens (including phenoxy) is 1. The molecular formula is C15H21Cl2NO. The molecule has 1 saturated carbocycles. The van der Waals surface area contributed by atoms with E-state index < -0.39 is 0 Å². The first-order valence-electron chi connectivity index (χ1n) is 7.04. The predicted molar refractivity (Wildman–Crippen MR) is 81.3 cm³/mol. The van der Waals surface area contributed by atoms with Gasteiger partial charge in [-0.2, -0.15) is 0 Å². The van der Waals surface area contributed by atoms with Crippen molar-refractivity contribution in [2.75, 3.05) is 6.61 Å². The first-order valence-corrected chi connectivity index (χ1v) is 7.80. The van der Waals surface area contributed by atoms with Crippen LogP contribution in [0.3, 0.4) is 0 Å². The van der Waals surface area contributed by atoms with Gasteiger partial charge in [0.05, 0.1) is 16.7 Å². The van der Waals surface area contributed by atoms with Crippen LogP contribution in [0.25, 0.3) is 0 Å². The van der Waals surface area contributed by atoms with Gasteiger partial charge in [0.2, 0.25) is 0 Å². The van der Waals surface area contributed by atoms with Gasteiger partial charge in [0.1, 0.15) is 0 Å². The average molecular weight is 302 g/mol. The van der Waals surface area contributed by atoms with Gasteiger partial charge in [0.25, 0.3) is 0 Å². The maximum absolute atomic E-state index is 6.20. The molecule has 0 spiro atoms. The van der Waals surface area contributed by atoms with Gasteiger partial charge < -0.3 is 10.1 Å². The zero-order valence-corrected chi connectivity index (χ0v) is 12.9. The number of nitrogens with one attached hydrogen (secondary N) is 1. The van der Waals surface area contributed by atoms with Gasteiger partial charge in [-0.25, -0.2) is 0 Å². The first-order chi connectivity index (χ1) is 9.20. The van der Waals surface area contributed by atoms with Crippen molar-refractivity contribution in [2.24, 2.45) is 0 Å². The van der Waals surface area contributed by atoms with Crippen LogP contribution in [0.15, 0.2) is 12.1 Å². The number of rotatable bonds is 5. The normalized spacial score (nSPS) is 16.6. The van der Waals surface area contributed by atoms with E-state index in [0.717, 1.165) is 12.1 Å². The minimum atomic E-state index is 0.569. The van der Waals surface area contributed by atoms with Crippen LogP contribution in [0.2, 0.25) is 10.0 Å². The lowest BCUT2D eigenvalue weighted by Crippen LogP contribution is -2.30. The van der Waals surface area contributed by atoms with E-state index in [0.29, 0.717) is 28.4 Å². The third kappa shape index (κ3) is 4.27. The van der Waals surface area contributed by atoms with E-state index in [-0.39, 0.29) is 0 Å². The summed E-state index contributed by atoms with van der Waals surface area (Å²) in [6.45, 7) is 3.31. The molecule has 1 aromatic rings. The van der Waals surface area contributed by atoms with Crippen LogP contribution < -0.4 is 10.1 Å². The molecule has 1 aromatic carbocycles. The van der Waals surface area contributed by atoms with Crippen LogP contribution in [0.4, 0.5) is 0 Å². The largest absolute Gasteiger partial charge is 0.491 e. The van der Waals surface area contributed by atoms with Gasteiger partial charge in [-0.3, -0.25) is 0 Å². The highest BCUT2D eigenvalue weighted by atomic mass is 35.5. The standard InChI is InChI=1S/C15H21Cl2NO/c1-2-19-15-13(16)8-11(9-14(15)17)10-18-12-6-4-3-5-7-12/h8-9,12,18H,2-7,10H2,1H3. The van der Waals surface area contributed by atoms with Crippen LogP contribution in [0.5, 0.6) is 5.75 Å². The molecule has 19 heavy (non-hydrogen) atoms. The molecule has 1 N–H and O–H groups in total. The Balaban J connectivity index is 1.96. The molecule has 0 bridgehead atoms. The van der Waals surface area contributed by atoms with Crippen molar-refractivity contribution < 1.29 is 4.74 Å². The van der Waals surface area contributed by atoms with Gasteiger partial charge in [-0.05, 0) is 37.5 Å². The van der Waals surface area contributed by atoms with Crippen molar-refractivity contribution >= 4 is 23.2 Å². The zero-order chi connectivity index (χ0) is 13.7. The fourth-order valence-corrected chi connectivity index (χ4v) is 3.21. The van der Waals surface area contributed by atoms with E-state index in [2.05, 4.69) is 5.32 Å². The lowest BCUT2D eigenvalue weighted by Gasteiger charge is -2.23. The quantitative estimate of drug-likeness (QED) is 0.842. The summed E-state index contributed by atoms with van der Waals surface area (Å²) in [7, 11) is 0. The van der Waals surface area contributed by atoms with Crippen LogP contribution >= 0.6 is 23.2 Å². The third-order valence-electron chi connectivity index (χ3n) is 3.55. The summed E-state index contributed by atoms with van der Waals surface area (Å²) in [4.78, 5) is 0. The van der Waals surface area contributed by atoms with Gasteiger partial charge in [0.15, 0.2) is 5.75 Å². The summed E-state index contributed by atoms with van der Waals surface area (Å²) < 4.78 is 5.43. The molecule has 0 radical (unpaired) electrons. The Morgan fingerprint density at radius 2 is 1.79 bits per heavy atom. The van der Waals surface area contributed by atoms with Crippen molar-refractivity contribution in [3.05, 3.63) is 27.7 Å². The second-order valence-corrected chi connectivity index (χ2v) is 5.85. The summed E-state index contributed by atoms with van der Waals surface area (Å²) >= 11 is 12.4. The summed E-state index contributed by atoms with van der Waals surface area (Å²) in [5.74, 6) is 0.590. The van der Waals surface area contributed by atoms with Gasteiger partial charge in [-0.15, -0.1) is 0 Å². The Morgan fingerprint density at radius 1 is 1.16 bits per heavy atom. The Morgan fingerprint density at radius 3 is 2.37 bits per heavy atom. The minimum absolute atomic E-state index is 0.569. The Kier molecular flexibility index (Phi) is 5.80. The van der Waals surface area contributed by atoms with Gasteiger partial charge in [-0.1, -0.05) is 42.5 Å². The van der Waals surface area contributed by atoms with Crippen LogP contribution in [0, 0.1) is 0 Å². The molecule has 0 unspecified atom stereocenters. The molecule has 0 aromatic heterocycles. The second-order valence-electron chi connectivity index (χ2n) is 5.04. The predicted octanol–water partition coefficient (Wildman–Crippen LogP) is 4.81. The van der Waals surface area contributed by atoms with Crippen molar-refractivity contribution in [3.8, 4) is 5.75 Å². The van der Waals surface area contributed by atoms with E-state index in [9.17, 15) is 0 Å². The molecular weight excluding hydrogens is 281 g/mol. The molecule has 1 aliphatic rings. The van der Waals surface area contributed by atoms with Crippen molar-refractivity contribution in [2.45, 2.75) is 51.6 Å². The fourth-order valence-electron chi connectivity index (χ4n) is 2.57. The topological polar surface area (TPSA) is 21.3 Å².